The van der Waals surface area contributed by atoms with Gasteiger partial charge in [0.25, 0.3) is 0 Å². The number of aliphatic imine (C=N–C) groups is 1. The van der Waals surface area contributed by atoms with E-state index in [4.69, 9.17) is 29.4 Å². The number of carbonyl (C=O) groups excluding carboxylic acids is 1. The Kier molecular flexibility index (Phi) is 16.4. The minimum atomic E-state index is -2.97. The highest BCUT2D eigenvalue weighted by Gasteiger charge is 2.57. The van der Waals surface area contributed by atoms with Crippen LogP contribution in [0.1, 0.15) is 32.1 Å². The average molecular weight is 895 g/mol. The number of aliphatic hydroxyl groups excluding tert-OH is 4. The Morgan fingerprint density at radius 2 is 2.03 bits per heavy atom. The quantitative estimate of drug-likeness (QED) is 0.0134. The molecule has 0 aromatic carbocycles. The molecule has 6 aliphatic rings. The monoisotopic (exact) mass is 894 g/mol. The van der Waals surface area contributed by atoms with Crippen LogP contribution in [0, 0.1) is 29.6 Å². The van der Waals surface area contributed by atoms with Crippen LogP contribution in [0.2, 0.25) is 0 Å². The summed E-state index contributed by atoms with van der Waals surface area (Å²) in [7, 11) is 4.71. The van der Waals surface area contributed by atoms with Gasteiger partial charge in [-0.15, -0.1) is 6.58 Å². The molecular formula is C40H56N5O14S2+. The predicted molar refractivity (Wildman–Crippen MR) is 221 cm³/mol. The molecule has 1 aliphatic carbocycles. The van der Waals surface area contributed by atoms with Gasteiger partial charge >= 0.3 is 11.9 Å². The van der Waals surface area contributed by atoms with Crippen LogP contribution in [0.4, 0.5) is 0 Å². The van der Waals surface area contributed by atoms with Crippen LogP contribution in [-0.2, 0) is 33.3 Å². The lowest BCUT2D eigenvalue weighted by Gasteiger charge is -2.47. The lowest BCUT2D eigenvalue weighted by molar-refractivity contribution is -0.870. The Bertz CT molecular complexity index is 1850. The topological polar surface area (TPSA) is 289 Å². The summed E-state index contributed by atoms with van der Waals surface area (Å²) in [6.45, 7) is 2.94. The first-order valence-electron chi connectivity index (χ1n) is 20.2. The number of quaternary nitrogens is 1. The Balaban J connectivity index is 1.52. The first-order valence-corrected chi connectivity index (χ1v) is 22.6. The van der Waals surface area contributed by atoms with Crippen molar-refractivity contribution in [2.45, 2.75) is 86.2 Å². The van der Waals surface area contributed by atoms with Crippen LogP contribution in [0.5, 0.6) is 0 Å². The Morgan fingerprint density at radius 3 is 2.74 bits per heavy atom. The van der Waals surface area contributed by atoms with Gasteiger partial charge in [-0.25, -0.2) is 9.59 Å². The molecule has 5 aliphatic heterocycles. The summed E-state index contributed by atoms with van der Waals surface area (Å²) >= 11 is 0. The number of nitrogens with zero attached hydrogens (tertiary/aromatic N) is 1. The third-order valence-electron chi connectivity index (χ3n) is 11.5. The van der Waals surface area contributed by atoms with E-state index in [1.807, 2.05) is 0 Å². The van der Waals surface area contributed by atoms with Crippen molar-refractivity contribution in [3.8, 4) is 11.8 Å². The van der Waals surface area contributed by atoms with Gasteiger partial charge in [-0.2, -0.15) is 0 Å². The maximum Gasteiger partial charge on any atom is 0.343 e. The van der Waals surface area contributed by atoms with Crippen LogP contribution < -0.4 is 21.3 Å². The van der Waals surface area contributed by atoms with Gasteiger partial charge in [0.2, 0.25) is 12.1 Å². The number of carboxylic acid groups (broad SMARTS) is 1. The van der Waals surface area contributed by atoms with E-state index in [1.54, 1.807) is 40.9 Å². The van der Waals surface area contributed by atoms with Crippen molar-refractivity contribution in [3.05, 3.63) is 59.2 Å². The number of guanidine groups is 1. The first kappa shape index (κ1) is 47.0. The predicted octanol–water partition coefficient (Wildman–Crippen LogP) is -2.44. The zero-order valence-electron chi connectivity index (χ0n) is 33.7. The van der Waals surface area contributed by atoms with Gasteiger partial charge in [0.15, 0.2) is 18.4 Å². The SMILES string of the molecule is C=CC1C(OC2OC(CO)C(O)C(O)(O)C2OCNC)OC=C2C(=O)OC3CCCC3CSSC3CC#CC(=CC4=C(NC(N)=NCCCO)C(C(=O)O)=C[NH+](C4)C3CO)C21. The molecule has 21 heteroatoms. The molecule has 12 N–H and O–H groups in total. The number of aliphatic hydroxyl groups is 6. The minimum Gasteiger partial charge on any atom is -0.477 e. The summed E-state index contributed by atoms with van der Waals surface area (Å²) in [5, 5.41) is 79.1. The number of rotatable bonds is 13. The van der Waals surface area contributed by atoms with Gasteiger partial charge in [-0.05, 0) is 38.8 Å². The summed E-state index contributed by atoms with van der Waals surface area (Å²) in [4.78, 5) is 32.4. The van der Waals surface area contributed by atoms with Crippen molar-refractivity contribution in [1.29, 1.82) is 0 Å². The number of allylic oxidation sites excluding steroid dienone is 1. The molecule has 19 nitrogen and oxygen atoms in total. The Morgan fingerprint density at radius 1 is 1.23 bits per heavy atom. The molecule has 4 bridgehead atoms. The molecule has 0 radical (unpaired) electrons. The van der Waals surface area contributed by atoms with E-state index in [9.17, 15) is 45.3 Å². The number of fused-ring (bicyclic) bond motifs is 8. The van der Waals surface area contributed by atoms with E-state index >= 15 is 0 Å². The second-order valence-electron chi connectivity index (χ2n) is 15.5. The number of hydrogen-bond donors (Lipinski definition) is 11. The van der Waals surface area contributed by atoms with E-state index in [2.05, 4.69) is 34.0 Å². The lowest BCUT2D eigenvalue weighted by atomic mass is 9.77. The summed E-state index contributed by atoms with van der Waals surface area (Å²) in [6, 6.07) is -0.481. The van der Waals surface area contributed by atoms with E-state index in [0.29, 0.717) is 34.6 Å². The van der Waals surface area contributed by atoms with Crippen LogP contribution >= 0.6 is 21.6 Å². The standard InChI is InChI=1S/C40H55N5O14S2/c1-3-24-31-21-7-5-10-30(27(16-47)45-14-23(13-21)32(25(15-45)35(50)51)44-39(41)43-11-6-12-46)61-60-19-22-8-4-9-28(22)57-36(52)26(31)18-55-37(24)59-38-34(56-20-42-2)40(53,54)33(49)29(17-48)58-38/h3,13,15,18,22,24,27-31,33-34,37-38,42,46-49,53-54H,1,4,6,8-12,14,16-17,19-20H2,2H3,(H,50,51)(H3,41,43,44)/p+1. The van der Waals surface area contributed by atoms with Crippen molar-refractivity contribution in [3.63, 3.8) is 0 Å². The summed E-state index contributed by atoms with van der Waals surface area (Å²) in [5.74, 6) is 0.185. The van der Waals surface area contributed by atoms with E-state index < -0.39 is 79.2 Å². The highest BCUT2D eigenvalue weighted by atomic mass is 33.1. The number of carbonyl (C=O) groups is 2. The zero-order chi connectivity index (χ0) is 43.8. The molecule has 0 aromatic heterocycles. The third-order valence-corrected chi connectivity index (χ3v) is 14.5. The zero-order valence-corrected chi connectivity index (χ0v) is 35.3. The maximum atomic E-state index is 14.4. The second kappa shape index (κ2) is 21.3. The highest BCUT2D eigenvalue weighted by molar-refractivity contribution is 8.77. The largest absolute Gasteiger partial charge is 0.477 e. The fourth-order valence-corrected chi connectivity index (χ4v) is 11.6. The number of aliphatic carboxylic acids is 1. The van der Waals surface area contributed by atoms with Gasteiger partial charge in [0.05, 0.1) is 48.6 Å². The first-order chi connectivity index (χ1) is 29.4. The van der Waals surface area contributed by atoms with Crippen molar-refractivity contribution >= 4 is 39.5 Å². The molecule has 12 unspecified atom stereocenters. The third kappa shape index (κ3) is 10.5. The molecule has 336 valence electrons. The van der Waals surface area contributed by atoms with Crippen LogP contribution in [0.25, 0.3) is 0 Å². The Labute approximate surface area is 361 Å². The number of nitrogens with two attached hydrogens (primary N) is 1. The maximum absolute atomic E-state index is 14.4. The van der Waals surface area contributed by atoms with Crippen molar-refractivity contribution in [2.24, 2.45) is 28.5 Å². The van der Waals surface area contributed by atoms with Gasteiger partial charge in [-0.3, -0.25) is 15.2 Å². The van der Waals surface area contributed by atoms with Crippen LogP contribution in [-0.4, -0.2) is 160 Å². The molecule has 5 heterocycles. The van der Waals surface area contributed by atoms with E-state index in [-0.39, 0.29) is 73.4 Å². The van der Waals surface area contributed by atoms with E-state index in [0.717, 1.165) is 12.8 Å². The summed E-state index contributed by atoms with van der Waals surface area (Å²) < 4.78 is 30.1. The molecule has 61 heavy (non-hydrogen) atoms. The van der Waals surface area contributed by atoms with Crippen molar-refractivity contribution in [1.82, 2.24) is 10.6 Å². The highest BCUT2D eigenvalue weighted by Crippen LogP contribution is 2.43. The molecule has 1 saturated carbocycles. The number of hydrogen-bond acceptors (Lipinski definition) is 17. The van der Waals surface area contributed by atoms with Crippen molar-refractivity contribution in [2.75, 3.05) is 52.4 Å². The molecule has 0 amide bonds. The van der Waals surface area contributed by atoms with Gasteiger partial charge in [-0.1, -0.05) is 39.5 Å². The number of ether oxygens (including phenoxy) is 5. The minimum absolute atomic E-state index is 0.0417. The molecule has 12 atom stereocenters. The molecule has 6 rings (SSSR count). The second-order valence-corrected chi connectivity index (χ2v) is 18.1. The smallest absolute Gasteiger partial charge is 0.343 e. The van der Waals surface area contributed by atoms with E-state index in [1.165, 1.54) is 12.3 Å². The van der Waals surface area contributed by atoms with Gasteiger partial charge < -0.3 is 70.5 Å². The average Bonchev–Trinajstić information content (AvgIpc) is 3.67. The lowest BCUT2D eigenvalue weighted by Crippen LogP contribution is -3.14. The van der Waals surface area contributed by atoms with Gasteiger partial charge in [0.1, 0.15) is 42.7 Å². The molecule has 0 aromatic rings. The number of esters is 1. The number of nitrogens with one attached hydrogen (secondary N) is 3. The summed E-state index contributed by atoms with van der Waals surface area (Å²) in [6.07, 6.45) is 0.120. The van der Waals surface area contributed by atoms with Gasteiger partial charge in [0, 0.05) is 48.3 Å². The molecule has 0 spiro atoms. The van der Waals surface area contributed by atoms with Crippen molar-refractivity contribution < 1.29 is 73.9 Å². The molecule has 1 saturated heterocycles. The normalized spacial score (nSPS) is 35.2. The Hall–Kier alpha value is -3.47. The fourth-order valence-electron chi connectivity index (χ4n) is 8.34. The number of carboxylic acids is 1. The fraction of sp³-hybridized carbons (Fsp3) is 0.625. The molecular weight excluding hydrogens is 839 g/mol. The summed E-state index contributed by atoms with van der Waals surface area (Å²) in [5.41, 5.74) is 7.00. The van der Waals surface area contributed by atoms with Crippen LogP contribution in [0.15, 0.2) is 64.2 Å². The van der Waals surface area contributed by atoms with Crippen LogP contribution in [0.3, 0.4) is 0 Å². The molecule has 2 fully saturated rings.